The maximum atomic E-state index is 12.5. The van der Waals surface area contributed by atoms with Gasteiger partial charge in [0.2, 0.25) is 5.95 Å². The molecule has 0 fully saturated rings. The number of nitrogens with one attached hydrogen (secondary N) is 2. The van der Waals surface area contributed by atoms with Crippen molar-refractivity contribution in [2.24, 2.45) is 0 Å². The van der Waals surface area contributed by atoms with E-state index < -0.39 is 18.0 Å². The summed E-state index contributed by atoms with van der Waals surface area (Å²) < 4.78 is 0. The molecular weight excluding hydrogens is 374 g/mol. The number of aliphatic carboxylic acids is 1. The van der Waals surface area contributed by atoms with Crippen LogP contribution < -0.4 is 10.6 Å². The highest BCUT2D eigenvalue weighted by Gasteiger charge is 2.25. The second kappa shape index (κ2) is 9.83. The molecular formula is C20H27N5O4. The van der Waals surface area contributed by atoms with E-state index >= 15 is 0 Å². The number of aromatic hydroxyl groups is 1. The van der Waals surface area contributed by atoms with Gasteiger partial charge in [-0.25, -0.2) is 14.8 Å². The van der Waals surface area contributed by atoms with Gasteiger partial charge in [-0.15, -0.1) is 0 Å². The van der Waals surface area contributed by atoms with E-state index in [9.17, 15) is 19.8 Å². The van der Waals surface area contributed by atoms with Crippen LogP contribution in [0.5, 0.6) is 5.75 Å². The lowest BCUT2D eigenvalue weighted by atomic mass is 10.1. The van der Waals surface area contributed by atoms with Gasteiger partial charge in [-0.05, 0) is 58.5 Å². The third kappa shape index (κ3) is 6.15. The summed E-state index contributed by atoms with van der Waals surface area (Å²) in [6, 6.07) is 7.13. The first kappa shape index (κ1) is 22.1. The van der Waals surface area contributed by atoms with Crippen molar-refractivity contribution in [3.05, 3.63) is 46.8 Å². The molecule has 0 spiro atoms. The van der Waals surface area contributed by atoms with E-state index in [1.807, 2.05) is 12.1 Å². The van der Waals surface area contributed by atoms with E-state index in [0.29, 0.717) is 23.9 Å². The van der Waals surface area contributed by atoms with Crippen molar-refractivity contribution in [3.8, 4) is 5.75 Å². The van der Waals surface area contributed by atoms with Gasteiger partial charge in [-0.3, -0.25) is 9.69 Å². The fourth-order valence-electron chi connectivity index (χ4n) is 2.94. The maximum absolute atomic E-state index is 12.5. The molecule has 0 unspecified atom stereocenters. The summed E-state index contributed by atoms with van der Waals surface area (Å²) in [5.41, 5.74) is 2.24. The number of carbonyl (C=O) groups is 2. The molecule has 0 saturated heterocycles. The first-order chi connectivity index (χ1) is 13.7. The summed E-state index contributed by atoms with van der Waals surface area (Å²) in [5, 5.41) is 24.3. The van der Waals surface area contributed by atoms with Crippen molar-refractivity contribution in [1.29, 1.82) is 0 Å². The molecule has 0 bridgehead atoms. The number of carboxylic acid groups (broad SMARTS) is 1. The fourth-order valence-corrected chi connectivity index (χ4v) is 2.94. The van der Waals surface area contributed by atoms with Gasteiger partial charge >= 0.3 is 5.97 Å². The third-order valence-corrected chi connectivity index (χ3v) is 4.35. The Morgan fingerprint density at radius 2 is 1.83 bits per heavy atom. The van der Waals surface area contributed by atoms with Crippen molar-refractivity contribution in [2.45, 2.75) is 32.9 Å². The molecule has 1 aromatic heterocycles. The van der Waals surface area contributed by atoms with E-state index in [-0.39, 0.29) is 11.3 Å². The van der Waals surface area contributed by atoms with Gasteiger partial charge in [-0.2, -0.15) is 0 Å². The lowest BCUT2D eigenvalue weighted by molar-refractivity contribution is -0.143. The van der Waals surface area contributed by atoms with Crippen molar-refractivity contribution < 1.29 is 19.8 Å². The number of carboxylic acids is 1. The van der Waals surface area contributed by atoms with E-state index in [0.717, 1.165) is 18.4 Å². The first-order valence-electron chi connectivity index (χ1n) is 9.26. The predicted octanol–water partition coefficient (Wildman–Crippen LogP) is 1.55. The summed E-state index contributed by atoms with van der Waals surface area (Å²) >= 11 is 0. The van der Waals surface area contributed by atoms with E-state index in [1.165, 1.54) is 4.90 Å². The highest BCUT2D eigenvalue weighted by atomic mass is 16.4. The van der Waals surface area contributed by atoms with E-state index in [2.05, 4.69) is 20.6 Å². The molecule has 156 valence electrons. The number of nitrogens with zero attached hydrogens (tertiary/aromatic N) is 3. The normalized spacial score (nSPS) is 11.9. The number of hydrogen-bond donors (Lipinski definition) is 4. The van der Waals surface area contributed by atoms with Gasteiger partial charge in [0.15, 0.2) is 6.17 Å². The zero-order chi connectivity index (χ0) is 21.6. The Morgan fingerprint density at radius 3 is 2.38 bits per heavy atom. The molecule has 0 aliphatic heterocycles. The lowest BCUT2D eigenvalue weighted by Crippen LogP contribution is -2.50. The van der Waals surface area contributed by atoms with Crippen LogP contribution in [0.3, 0.4) is 0 Å². The second-order valence-corrected chi connectivity index (χ2v) is 6.97. The van der Waals surface area contributed by atoms with Crippen LogP contribution in [-0.4, -0.2) is 63.8 Å². The average Bonchev–Trinajstić information content (AvgIpc) is 2.62. The molecule has 2 rings (SSSR count). The Labute approximate surface area is 169 Å². The third-order valence-electron chi connectivity index (χ3n) is 4.35. The largest absolute Gasteiger partial charge is 0.508 e. The van der Waals surface area contributed by atoms with Crippen LogP contribution in [0, 0.1) is 13.8 Å². The minimum atomic E-state index is -1.15. The number of rotatable bonds is 9. The summed E-state index contributed by atoms with van der Waals surface area (Å²) in [5.74, 6) is -1.02. The van der Waals surface area contributed by atoms with Crippen LogP contribution in [0.2, 0.25) is 0 Å². The summed E-state index contributed by atoms with van der Waals surface area (Å²) in [4.78, 5) is 33.9. The Kier molecular flexibility index (Phi) is 7.49. The highest BCUT2D eigenvalue weighted by molar-refractivity contribution is 5.98. The van der Waals surface area contributed by atoms with Crippen molar-refractivity contribution in [1.82, 2.24) is 20.2 Å². The number of phenols is 1. The Hall–Kier alpha value is -3.20. The molecule has 0 saturated carbocycles. The molecule has 9 heteroatoms. The summed E-state index contributed by atoms with van der Waals surface area (Å²) in [7, 11) is 3.14. The van der Waals surface area contributed by atoms with Crippen LogP contribution >= 0.6 is 0 Å². The lowest BCUT2D eigenvalue weighted by Gasteiger charge is -2.22. The highest BCUT2D eigenvalue weighted by Crippen LogP contribution is 2.15. The zero-order valence-electron chi connectivity index (χ0n) is 17.1. The molecule has 1 amide bonds. The quantitative estimate of drug-likeness (QED) is 0.368. The number of aromatic nitrogens is 2. The molecule has 0 aliphatic carbocycles. The number of hydrogen-bond acceptors (Lipinski definition) is 7. The fraction of sp³-hybridized carbons (Fsp3) is 0.400. The minimum Gasteiger partial charge on any atom is -0.508 e. The number of amides is 1. The van der Waals surface area contributed by atoms with E-state index in [4.69, 9.17) is 0 Å². The topological polar surface area (TPSA) is 128 Å². The standard InChI is InChI=1S/C20H27N5O4/c1-12-16(18(27)24-17(19(28)29)25(3)4)13(2)23-20(22-12)21-10-6-8-14-7-5-9-15(26)11-14/h5,7,9,11,17,26H,6,8,10H2,1-4H3,(H,24,27)(H,28,29)(H,21,22,23)/t17-/m0/s1. The summed E-state index contributed by atoms with van der Waals surface area (Å²) in [6.07, 6.45) is 0.466. The van der Waals surface area contributed by atoms with Gasteiger partial charge in [0.05, 0.1) is 17.0 Å². The van der Waals surface area contributed by atoms with Crippen LogP contribution in [0.15, 0.2) is 24.3 Å². The summed E-state index contributed by atoms with van der Waals surface area (Å²) in [6.45, 7) is 4.00. The molecule has 1 heterocycles. The molecule has 2 aromatic rings. The van der Waals surface area contributed by atoms with Gasteiger partial charge in [0.25, 0.3) is 5.91 Å². The monoisotopic (exact) mass is 401 g/mol. The van der Waals surface area contributed by atoms with Crippen LogP contribution in [0.25, 0.3) is 0 Å². The smallest absolute Gasteiger partial charge is 0.341 e. The van der Waals surface area contributed by atoms with E-state index in [1.54, 1.807) is 40.1 Å². The molecule has 1 aromatic carbocycles. The number of phenolic OH excluding ortho intramolecular Hbond substituents is 1. The number of anilines is 1. The van der Waals surface area contributed by atoms with Crippen molar-refractivity contribution >= 4 is 17.8 Å². The second-order valence-electron chi connectivity index (χ2n) is 6.97. The van der Waals surface area contributed by atoms with Gasteiger partial charge in [0, 0.05) is 6.54 Å². The number of likely N-dealkylation sites (N-methyl/N-ethyl adjacent to an activating group) is 1. The number of aryl methyl sites for hydroxylation is 3. The zero-order valence-corrected chi connectivity index (χ0v) is 17.1. The SMILES string of the molecule is Cc1nc(NCCCc2cccc(O)c2)nc(C)c1C(=O)N[C@H](C(=O)O)N(C)C. The average molecular weight is 401 g/mol. The molecule has 4 N–H and O–H groups in total. The van der Waals surface area contributed by atoms with Gasteiger partial charge in [-0.1, -0.05) is 12.1 Å². The van der Waals surface area contributed by atoms with Crippen LogP contribution in [-0.2, 0) is 11.2 Å². The van der Waals surface area contributed by atoms with Gasteiger partial charge in [0.1, 0.15) is 5.75 Å². The molecule has 0 radical (unpaired) electrons. The predicted molar refractivity (Wildman–Crippen MR) is 109 cm³/mol. The van der Waals surface area contributed by atoms with Crippen molar-refractivity contribution in [2.75, 3.05) is 26.0 Å². The number of carbonyl (C=O) groups excluding carboxylic acids is 1. The van der Waals surface area contributed by atoms with Crippen LogP contribution in [0.1, 0.15) is 33.7 Å². The Morgan fingerprint density at radius 1 is 1.17 bits per heavy atom. The van der Waals surface area contributed by atoms with Crippen LogP contribution in [0.4, 0.5) is 5.95 Å². The molecule has 0 aliphatic rings. The molecule has 29 heavy (non-hydrogen) atoms. The molecule has 1 atom stereocenters. The van der Waals surface area contributed by atoms with Crippen molar-refractivity contribution in [3.63, 3.8) is 0 Å². The Balaban J connectivity index is 1.99. The first-order valence-corrected chi connectivity index (χ1v) is 9.26. The maximum Gasteiger partial charge on any atom is 0.341 e. The van der Waals surface area contributed by atoms with Gasteiger partial charge < -0.3 is 20.8 Å². The minimum absolute atomic E-state index is 0.248. The Bertz CT molecular complexity index is 862. The molecule has 9 nitrogen and oxygen atoms in total. The number of benzene rings is 1.